The zero-order valence-corrected chi connectivity index (χ0v) is 12.8. The summed E-state index contributed by atoms with van der Waals surface area (Å²) in [6, 6.07) is 1.74. The van der Waals surface area contributed by atoms with Gasteiger partial charge in [-0.05, 0) is 33.6 Å². The molecule has 0 aromatic carbocycles. The number of hydrogen-bond acceptors (Lipinski definition) is 4. The van der Waals surface area contributed by atoms with Crippen LogP contribution >= 0.6 is 0 Å². The predicted octanol–water partition coefficient (Wildman–Crippen LogP) is 1.98. The molecule has 1 aromatic heterocycles. The molecule has 2 rings (SSSR count). The van der Waals surface area contributed by atoms with Gasteiger partial charge in [-0.1, -0.05) is 0 Å². The lowest BCUT2D eigenvalue weighted by molar-refractivity contribution is 0.00981. The van der Waals surface area contributed by atoms with Crippen LogP contribution in [0.2, 0.25) is 0 Å². The molecule has 1 aliphatic carbocycles. The third-order valence-corrected chi connectivity index (χ3v) is 3.79. The number of rotatable bonds is 3. The maximum atomic E-state index is 10.9. The minimum Gasteiger partial charge on any atom is -0.465 e. The third-order valence-electron chi connectivity index (χ3n) is 3.79. The summed E-state index contributed by atoms with van der Waals surface area (Å²) in [7, 11) is 1.58. The number of methoxy groups -OCH3 is 1. The minimum absolute atomic E-state index is 0.0721. The van der Waals surface area contributed by atoms with E-state index in [9.17, 15) is 9.90 Å². The Balaban J connectivity index is 2.29. The fourth-order valence-corrected chi connectivity index (χ4v) is 2.78. The number of carbonyl (C=O) groups is 1. The molecule has 1 saturated carbocycles. The van der Waals surface area contributed by atoms with E-state index >= 15 is 0 Å². The van der Waals surface area contributed by atoms with E-state index in [2.05, 4.69) is 10.4 Å². The second-order valence-electron chi connectivity index (χ2n) is 6.48. The Hall–Kier alpha value is -1.60. The van der Waals surface area contributed by atoms with Crippen molar-refractivity contribution in [2.45, 2.75) is 57.3 Å². The van der Waals surface area contributed by atoms with Crippen LogP contribution in [0.4, 0.5) is 10.6 Å². The number of nitrogens with one attached hydrogen (secondary N) is 1. The first-order valence-electron chi connectivity index (χ1n) is 7.03. The molecule has 1 fully saturated rings. The molecule has 0 spiro atoms. The number of nitrogens with zero attached hydrogens (tertiary/aromatic N) is 2. The molecule has 0 unspecified atom stereocenters. The standard InChI is InChI=1S/C14H23N3O4/c1-14(2,3)17-12(15-13(19)20)7-9(16-17)8-5-10(18)11(6-8)21-4/h7-8,10-11,15,18H,5-6H2,1-4H3,(H,19,20)/t8-,10-,11-/m1/s1. The van der Waals surface area contributed by atoms with Gasteiger partial charge in [0.05, 0.1) is 23.4 Å². The fourth-order valence-electron chi connectivity index (χ4n) is 2.78. The lowest BCUT2D eigenvalue weighted by Gasteiger charge is -2.22. The number of anilines is 1. The predicted molar refractivity (Wildman–Crippen MR) is 77.6 cm³/mol. The van der Waals surface area contributed by atoms with Gasteiger partial charge < -0.3 is 14.9 Å². The van der Waals surface area contributed by atoms with Crippen molar-refractivity contribution in [3.8, 4) is 0 Å². The second-order valence-corrected chi connectivity index (χ2v) is 6.48. The van der Waals surface area contributed by atoms with Crippen LogP contribution in [-0.2, 0) is 10.3 Å². The van der Waals surface area contributed by atoms with Crippen molar-refractivity contribution in [1.82, 2.24) is 9.78 Å². The molecular weight excluding hydrogens is 274 g/mol. The lowest BCUT2D eigenvalue weighted by atomic mass is 10.0. The Morgan fingerprint density at radius 2 is 2.14 bits per heavy atom. The Morgan fingerprint density at radius 3 is 2.62 bits per heavy atom. The second kappa shape index (κ2) is 5.65. The molecule has 1 heterocycles. The fraction of sp³-hybridized carbons (Fsp3) is 0.714. The number of aliphatic hydroxyl groups excluding tert-OH is 1. The quantitative estimate of drug-likeness (QED) is 0.792. The lowest BCUT2D eigenvalue weighted by Crippen LogP contribution is -2.26. The highest BCUT2D eigenvalue weighted by molar-refractivity contribution is 5.81. The number of ether oxygens (including phenoxy) is 1. The number of hydrogen-bond donors (Lipinski definition) is 3. The summed E-state index contributed by atoms with van der Waals surface area (Å²) in [6.45, 7) is 5.87. The number of amides is 1. The van der Waals surface area contributed by atoms with E-state index in [-0.39, 0.29) is 17.6 Å². The molecule has 1 aliphatic rings. The SMILES string of the molecule is CO[C@@H]1C[C@H](c2cc(NC(=O)O)n(C(C)(C)C)n2)C[C@H]1O. The van der Waals surface area contributed by atoms with Crippen molar-refractivity contribution in [1.29, 1.82) is 0 Å². The number of aromatic nitrogens is 2. The van der Waals surface area contributed by atoms with Crippen LogP contribution in [0.15, 0.2) is 6.07 Å². The van der Waals surface area contributed by atoms with Crippen molar-refractivity contribution in [2.24, 2.45) is 0 Å². The average molecular weight is 297 g/mol. The molecule has 1 amide bonds. The largest absolute Gasteiger partial charge is 0.465 e. The Labute approximate surface area is 123 Å². The topological polar surface area (TPSA) is 96.6 Å². The van der Waals surface area contributed by atoms with Gasteiger partial charge in [-0.2, -0.15) is 5.10 Å². The summed E-state index contributed by atoms with van der Waals surface area (Å²) in [5.41, 5.74) is 0.445. The van der Waals surface area contributed by atoms with Gasteiger partial charge in [0.1, 0.15) is 5.82 Å². The summed E-state index contributed by atoms with van der Waals surface area (Å²) in [5, 5.41) is 25.8. The highest BCUT2D eigenvalue weighted by atomic mass is 16.5. The first-order valence-corrected chi connectivity index (χ1v) is 7.03. The Bertz CT molecular complexity index is 521. The summed E-state index contributed by atoms with van der Waals surface area (Å²) < 4.78 is 6.92. The van der Waals surface area contributed by atoms with Gasteiger partial charge in [0.25, 0.3) is 0 Å². The molecule has 0 aliphatic heterocycles. The molecule has 7 nitrogen and oxygen atoms in total. The summed E-state index contributed by atoms with van der Waals surface area (Å²) in [4.78, 5) is 10.9. The van der Waals surface area contributed by atoms with Crippen molar-refractivity contribution >= 4 is 11.9 Å². The first-order chi connectivity index (χ1) is 9.72. The van der Waals surface area contributed by atoms with Crippen LogP contribution in [-0.4, -0.2) is 45.4 Å². The summed E-state index contributed by atoms with van der Waals surface area (Å²) in [6.07, 6.45) is -0.549. The van der Waals surface area contributed by atoms with Gasteiger partial charge in [0.2, 0.25) is 0 Å². The third kappa shape index (κ3) is 3.36. The van der Waals surface area contributed by atoms with Gasteiger partial charge in [0.15, 0.2) is 0 Å². The Morgan fingerprint density at radius 1 is 1.48 bits per heavy atom. The molecule has 118 valence electrons. The molecule has 3 N–H and O–H groups in total. The molecular formula is C14H23N3O4. The normalized spacial score (nSPS) is 26.0. The van der Waals surface area contributed by atoms with Crippen LogP contribution in [0.25, 0.3) is 0 Å². The van der Waals surface area contributed by atoms with E-state index in [1.165, 1.54) is 0 Å². The van der Waals surface area contributed by atoms with E-state index in [0.29, 0.717) is 18.7 Å². The van der Waals surface area contributed by atoms with E-state index in [1.54, 1.807) is 17.9 Å². The van der Waals surface area contributed by atoms with Crippen molar-refractivity contribution < 1.29 is 19.7 Å². The zero-order valence-electron chi connectivity index (χ0n) is 12.8. The first kappa shape index (κ1) is 15.8. The highest BCUT2D eigenvalue weighted by Gasteiger charge is 2.36. The maximum absolute atomic E-state index is 10.9. The van der Waals surface area contributed by atoms with Crippen molar-refractivity contribution in [3.05, 3.63) is 11.8 Å². The van der Waals surface area contributed by atoms with Gasteiger partial charge in [0, 0.05) is 19.1 Å². The van der Waals surface area contributed by atoms with E-state index in [0.717, 1.165) is 5.69 Å². The molecule has 21 heavy (non-hydrogen) atoms. The smallest absolute Gasteiger partial charge is 0.410 e. The highest BCUT2D eigenvalue weighted by Crippen LogP contribution is 2.37. The summed E-state index contributed by atoms with van der Waals surface area (Å²) in [5.74, 6) is 0.517. The van der Waals surface area contributed by atoms with Crippen molar-refractivity contribution in [3.63, 3.8) is 0 Å². The molecule has 0 radical (unpaired) electrons. The zero-order chi connectivity index (χ0) is 15.8. The van der Waals surface area contributed by atoms with Gasteiger partial charge in [-0.25, -0.2) is 9.48 Å². The van der Waals surface area contributed by atoms with Crippen LogP contribution < -0.4 is 5.32 Å². The van der Waals surface area contributed by atoms with Crippen LogP contribution in [0, 0.1) is 0 Å². The van der Waals surface area contributed by atoms with Crippen molar-refractivity contribution in [2.75, 3.05) is 12.4 Å². The average Bonchev–Trinajstić information content (AvgIpc) is 2.91. The number of aliphatic hydroxyl groups is 1. The minimum atomic E-state index is -1.12. The monoisotopic (exact) mass is 297 g/mol. The van der Waals surface area contributed by atoms with E-state index in [4.69, 9.17) is 9.84 Å². The van der Waals surface area contributed by atoms with Crippen LogP contribution in [0.1, 0.15) is 45.2 Å². The molecule has 1 aromatic rings. The van der Waals surface area contributed by atoms with Crippen LogP contribution in [0.3, 0.4) is 0 Å². The molecule has 0 saturated heterocycles. The molecule has 0 bridgehead atoms. The molecule has 3 atom stereocenters. The van der Waals surface area contributed by atoms with Gasteiger partial charge >= 0.3 is 6.09 Å². The van der Waals surface area contributed by atoms with Gasteiger partial charge in [-0.3, -0.25) is 5.32 Å². The van der Waals surface area contributed by atoms with Crippen LogP contribution in [0.5, 0.6) is 0 Å². The van der Waals surface area contributed by atoms with E-state index in [1.807, 2.05) is 20.8 Å². The van der Waals surface area contributed by atoms with E-state index < -0.39 is 12.2 Å². The Kier molecular flexibility index (Phi) is 4.25. The summed E-state index contributed by atoms with van der Waals surface area (Å²) >= 11 is 0. The number of carboxylic acid groups (broad SMARTS) is 1. The molecule has 7 heteroatoms. The maximum Gasteiger partial charge on any atom is 0.410 e. The van der Waals surface area contributed by atoms with Gasteiger partial charge in [-0.15, -0.1) is 0 Å².